The lowest BCUT2D eigenvalue weighted by atomic mass is 9.71. The van der Waals surface area contributed by atoms with E-state index < -0.39 is 0 Å². The summed E-state index contributed by atoms with van der Waals surface area (Å²) in [6.45, 7) is 11.7. The fourth-order valence-corrected chi connectivity index (χ4v) is 7.17. The van der Waals surface area contributed by atoms with Gasteiger partial charge in [0.15, 0.2) is 16.9 Å². The Morgan fingerprint density at radius 2 is 1.43 bits per heavy atom. The zero-order valence-corrected chi connectivity index (χ0v) is 21.8. The standard InChI is InChI=1S/C33H37N2/c1-23-15-9-14-22-29(23)34-24(2)30-27-20-12-13-21-28(27)33(26-18-10-11-19-26,25-16-7-6-8-17-25)35(30)31(34)32(3,4)5/h6-9,12-17,20-22,26H,10-11,18-19H2,1-5H3/q+1. The molecule has 2 heteroatoms. The van der Waals surface area contributed by atoms with E-state index in [2.05, 4.69) is 123 Å². The van der Waals surface area contributed by atoms with Gasteiger partial charge in [-0.15, -0.1) is 0 Å². The van der Waals surface area contributed by atoms with E-state index in [1.54, 1.807) is 0 Å². The second-order valence-electron chi connectivity index (χ2n) is 11.6. The van der Waals surface area contributed by atoms with Gasteiger partial charge in [-0.25, -0.2) is 4.57 Å². The van der Waals surface area contributed by atoms with Crippen LogP contribution in [-0.4, -0.2) is 4.57 Å². The molecule has 1 saturated carbocycles. The summed E-state index contributed by atoms with van der Waals surface area (Å²) in [6, 6.07) is 29.5. The fourth-order valence-electron chi connectivity index (χ4n) is 7.17. The maximum Gasteiger partial charge on any atom is 0.268 e. The van der Waals surface area contributed by atoms with Crippen molar-refractivity contribution in [2.24, 2.45) is 5.92 Å². The number of aromatic nitrogens is 2. The largest absolute Gasteiger partial charge is 0.268 e. The lowest BCUT2D eigenvalue weighted by Crippen LogP contribution is -2.62. The van der Waals surface area contributed by atoms with E-state index in [0.717, 1.165) is 0 Å². The third-order valence-electron chi connectivity index (χ3n) is 8.46. The fraction of sp³-hybridized carbons (Fsp3) is 0.364. The molecule has 0 spiro atoms. The second kappa shape index (κ2) is 7.95. The summed E-state index contributed by atoms with van der Waals surface area (Å²) in [5, 5.41) is 0. The molecule has 0 saturated heterocycles. The summed E-state index contributed by atoms with van der Waals surface area (Å²) >= 11 is 0. The van der Waals surface area contributed by atoms with E-state index >= 15 is 0 Å². The third kappa shape index (κ3) is 3.05. The van der Waals surface area contributed by atoms with Crippen molar-refractivity contribution in [1.82, 2.24) is 4.57 Å². The van der Waals surface area contributed by atoms with E-state index in [1.807, 2.05) is 0 Å². The van der Waals surface area contributed by atoms with Crippen molar-refractivity contribution in [1.29, 1.82) is 0 Å². The normalized spacial score (nSPS) is 19.7. The van der Waals surface area contributed by atoms with Gasteiger partial charge in [-0.1, -0.05) is 85.6 Å². The van der Waals surface area contributed by atoms with Crippen molar-refractivity contribution in [3.8, 4) is 16.9 Å². The molecule has 1 unspecified atom stereocenters. The first-order chi connectivity index (χ1) is 16.9. The Hall–Kier alpha value is -3.13. The first-order valence-electron chi connectivity index (χ1n) is 13.3. The van der Waals surface area contributed by atoms with Gasteiger partial charge in [0.2, 0.25) is 0 Å². The topological polar surface area (TPSA) is 8.81 Å². The molecular weight excluding hydrogens is 424 g/mol. The molecule has 0 radical (unpaired) electrons. The van der Waals surface area contributed by atoms with Crippen LogP contribution >= 0.6 is 0 Å². The summed E-state index contributed by atoms with van der Waals surface area (Å²) < 4.78 is 5.37. The number of nitrogens with zero attached hydrogens (tertiary/aromatic N) is 2. The number of hydrogen-bond donors (Lipinski definition) is 0. The molecule has 2 heterocycles. The Kier molecular flexibility index (Phi) is 5.07. The summed E-state index contributed by atoms with van der Waals surface area (Å²) in [6.07, 6.45) is 5.18. The van der Waals surface area contributed by atoms with Crippen LogP contribution in [-0.2, 0) is 11.0 Å². The minimum Gasteiger partial charge on any atom is -0.212 e. The number of imidazole rings is 1. The SMILES string of the molecule is Cc1ccccc1-n1c(C)c2[n+](c1C(C)(C)C)C(c1ccccc1)(C1CCCC1)c1ccccc1-2. The quantitative estimate of drug-likeness (QED) is 0.277. The number of benzene rings is 3. The molecule has 1 aliphatic carbocycles. The molecule has 1 atom stereocenters. The number of para-hydroxylation sites is 1. The maximum absolute atomic E-state index is 2.80. The van der Waals surface area contributed by atoms with Gasteiger partial charge in [0.1, 0.15) is 5.69 Å². The van der Waals surface area contributed by atoms with Crippen LogP contribution in [0, 0.1) is 19.8 Å². The van der Waals surface area contributed by atoms with Crippen molar-refractivity contribution in [2.75, 3.05) is 0 Å². The molecule has 178 valence electrons. The van der Waals surface area contributed by atoms with Crippen molar-refractivity contribution in [2.45, 2.75) is 71.3 Å². The summed E-state index contributed by atoms with van der Waals surface area (Å²) in [5.41, 5.74) is 9.42. The molecule has 2 nitrogen and oxygen atoms in total. The van der Waals surface area contributed by atoms with Gasteiger partial charge in [0.05, 0.1) is 5.41 Å². The van der Waals surface area contributed by atoms with Gasteiger partial charge in [-0.05, 0) is 52.2 Å². The Morgan fingerprint density at radius 1 is 0.800 bits per heavy atom. The molecule has 35 heavy (non-hydrogen) atoms. The van der Waals surface area contributed by atoms with Crippen molar-refractivity contribution in [3.63, 3.8) is 0 Å². The zero-order chi connectivity index (χ0) is 24.4. The van der Waals surface area contributed by atoms with Crippen molar-refractivity contribution < 1.29 is 4.57 Å². The predicted octanol–water partition coefficient (Wildman–Crippen LogP) is 7.64. The summed E-state index contributed by atoms with van der Waals surface area (Å²) in [7, 11) is 0. The lowest BCUT2D eigenvalue weighted by molar-refractivity contribution is -0.745. The molecule has 1 aromatic heterocycles. The molecule has 1 aliphatic heterocycles. The van der Waals surface area contributed by atoms with Crippen molar-refractivity contribution >= 4 is 0 Å². The first kappa shape index (κ1) is 22.3. The molecule has 6 rings (SSSR count). The average Bonchev–Trinajstić information content (AvgIpc) is 3.55. The maximum atomic E-state index is 2.80. The van der Waals surface area contributed by atoms with Gasteiger partial charge < -0.3 is 0 Å². The Bertz CT molecular complexity index is 1400. The molecule has 4 aromatic rings. The lowest BCUT2D eigenvalue weighted by Gasteiger charge is -2.37. The van der Waals surface area contributed by atoms with E-state index in [0.29, 0.717) is 5.92 Å². The van der Waals surface area contributed by atoms with Crippen LogP contribution < -0.4 is 4.57 Å². The highest BCUT2D eigenvalue weighted by atomic mass is 15.3. The number of hydrogen-bond acceptors (Lipinski definition) is 0. The van der Waals surface area contributed by atoms with Crippen LogP contribution in [0.1, 0.15) is 74.7 Å². The number of aryl methyl sites for hydroxylation is 1. The molecule has 0 amide bonds. The third-order valence-corrected chi connectivity index (χ3v) is 8.46. The first-order valence-corrected chi connectivity index (χ1v) is 13.3. The van der Waals surface area contributed by atoms with Gasteiger partial charge in [0.25, 0.3) is 5.82 Å². The smallest absolute Gasteiger partial charge is 0.212 e. The monoisotopic (exact) mass is 461 g/mol. The molecule has 0 N–H and O–H groups in total. The highest BCUT2D eigenvalue weighted by molar-refractivity contribution is 5.71. The Balaban J connectivity index is 1.83. The van der Waals surface area contributed by atoms with Crippen LogP contribution in [0.25, 0.3) is 16.9 Å². The Labute approximate surface area is 210 Å². The molecule has 1 fully saturated rings. The van der Waals surface area contributed by atoms with Crippen LogP contribution in [0.3, 0.4) is 0 Å². The zero-order valence-electron chi connectivity index (χ0n) is 21.8. The van der Waals surface area contributed by atoms with Gasteiger partial charge in [-0.2, -0.15) is 4.57 Å². The molecule has 0 bridgehead atoms. The van der Waals surface area contributed by atoms with Crippen molar-refractivity contribution in [3.05, 3.63) is 107 Å². The van der Waals surface area contributed by atoms with E-state index in [1.165, 1.54) is 70.8 Å². The van der Waals surface area contributed by atoms with Crippen LogP contribution in [0.4, 0.5) is 0 Å². The average molecular weight is 462 g/mol. The van der Waals surface area contributed by atoms with Gasteiger partial charge in [0, 0.05) is 29.5 Å². The summed E-state index contributed by atoms with van der Waals surface area (Å²) in [5.74, 6) is 1.97. The molecule has 2 aliphatic rings. The number of rotatable bonds is 3. The second-order valence-corrected chi connectivity index (χ2v) is 11.6. The van der Waals surface area contributed by atoms with E-state index in [-0.39, 0.29) is 11.0 Å². The molecule has 3 aromatic carbocycles. The summed E-state index contributed by atoms with van der Waals surface area (Å²) in [4.78, 5) is 0. The minimum absolute atomic E-state index is 0.0496. The van der Waals surface area contributed by atoms with E-state index in [9.17, 15) is 0 Å². The Morgan fingerprint density at radius 3 is 2.11 bits per heavy atom. The van der Waals surface area contributed by atoms with Crippen LogP contribution in [0.15, 0.2) is 78.9 Å². The van der Waals surface area contributed by atoms with Gasteiger partial charge >= 0.3 is 0 Å². The van der Waals surface area contributed by atoms with Gasteiger partial charge in [-0.3, -0.25) is 0 Å². The highest BCUT2D eigenvalue weighted by Gasteiger charge is 2.59. The highest BCUT2D eigenvalue weighted by Crippen LogP contribution is 2.53. The predicted molar refractivity (Wildman–Crippen MR) is 144 cm³/mol. The molecular formula is C33H37N2+. The van der Waals surface area contributed by atoms with Crippen LogP contribution in [0.5, 0.6) is 0 Å². The minimum atomic E-state index is -0.189. The number of fused-ring (bicyclic) bond motifs is 3. The van der Waals surface area contributed by atoms with Crippen LogP contribution in [0.2, 0.25) is 0 Å². The van der Waals surface area contributed by atoms with E-state index in [4.69, 9.17) is 0 Å².